The topological polar surface area (TPSA) is 75.3 Å². The number of carbonyl (C=O) groups is 1. The fourth-order valence-corrected chi connectivity index (χ4v) is 2.95. The smallest absolute Gasteiger partial charge is 0.241 e. The van der Waals surface area contributed by atoms with Gasteiger partial charge in [-0.3, -0.25) is 4.79 Å². The van der Waals surface area contributed by atoms with E-state index in [0.29, 0.717) is 16.3 Å². The van der Waals surface area contributed by atoms with E-state index in [9.17, 15) is 17.6 Å². The molecule has 0 spiro atoms. The third-order valence-electron chi connectivity index (χ3n) is 2.99. The summed E-state index contributed by atoms with van der Waals surface area (Å²) in [6, 6.07) is 9.39. The number of aryl methyl sites for hydroxylation is 1. The lowest BCUT2D eigenvalue weighted by Crippen LogP contribution is -2.32. The van der Waals surface area contributed by atoms with Crippen LogP contribution >= 0.6 is 11.6 Å². The Labute approximate surface area is 138 Å². The number of sulfonamides is 1. The van der Waals surface area contributed by atoms with E-state index < -0.39 is 28.3 Å². The first-order chi connectivity index (χ1) is 10.8. The van der Waals surface area contributed by atoms with Gasteiger partial charge in [-0.05, 0) is 55.0 Å². The summed E-state index contributed by atoms with van der Waals surface area (Å²) >= 11 is 5.85. The molecule has 0 saturated carbocycles. The first-order valence-electron chi connectivity index (χ1n) is 6.59. The van der Waals surface area contributed by atoms with Gasteiger partial charge in [0.25, 0.3) is 0 Å². The van der Waals surface area contributed by atoms with Gasteiger partial charge in [0.05, 0.1) is 11.4 Å². The van der Waals surface area contributed by atoms with Gasteiger partial charge in [0.1, 0.15) is 5.82 Å². The second kappa shape index (κ2) is 7.08. The van der Waals surface area contributed by atoms with Gasteiger partial charge < -0.3 is 5.32 Å². The Bertz CT molecular complexity index is 823. The average Bonchev–Trinajstić information content (AvgIpc) is 2.50. The minimum atomic E-state index is -3.82. The van der Waals surface area contributed by atoms with Crippen molar-refractivity contribution in [3.05, 3.63) is 58.9 Å². The number of carbonyl (C=O) groups excluding carboxylic acids is 1. The number of anilines is 1. The summed E-state index contributed by atoms with van der Waals surface area (Å²) < 4.78 is 39.2. The molecule has 0 fully saturated rings. The molecule has 0 heterocycles. The van der Waals surface area contributed by atoms with E-state index in [0.717, 1.165) is 0 Å². The minimum Gasteiger partial charge on any atom is -0.325 e. The third-order valence-corrected chi connectivity index (χ3v) is 4.81. The quantitative estimate of drug-likeness (QED) is 0.864. The van der Waals surface area contributed by atoms with Crippen molar-refractivity contribution in [3.8, 4) is 0 Å². The van der Waals surface area contributed by atoms with Crippen molar-refractivity contribution in [3.63, 3.8) is 0 Å². The summed E-state index contributed by atoms with van der Waals surface area (Å²) in [6.07, 6.45) is 0. The molecule has 1 amide bonds. The van der Waals surface area contributed by atoms with Crippen LogP contribution in [0.5, 0.6) is 0 Å². The Morgan fingerprint density at radius 2 is 1.83 bits per heavy atom. The largest absolute Gasteiger partial charge is 0.325 e. The van der Waals surface area contributed by atoms with E-state index in [1.165, 1.54) is 42.5 Å². The Kier molecular flexibility index (Phi) is 5.35. The number of amides is 1. The monoisotopic (exact) mass is 356 g/mol. The van der Waals surface area contributed by atoms with E-state index in [2.05, 4.69) is 10.0 Å². The predicted octanol–water partition coefficient (Wildman–Crippen LogP) is 2.70. The standard InChI is InChI=1S/C15H14ClFN2O3S/c1-10-8-13(6-7-14(10)16)23(21,22)18-9-15(20)19-12-4-2-11(17)3-5-12/h2-8,18H,9H2,1H3,(H,19,20). The maximum absolute atomic E-state index is 12.8. The highest BCUT2D eigenvalue weighted by Crippen LogP contribution is 2.19. The van der Waals surface area contributed by atoms with Crippen LogP contribution in [0.2, 0.25) is 5.02 Å². The molecule has 0 bridgehead atoms. The van der Waals surface area contributed by atoms with E-state index in [1.54, 1.807) is 6.92 Å². The van der Waals surface area contributed by atoms with Crippen LogP contribution in [-0.4, -0.2) is 20.9 Å². The van der Waals surface area contributed by atoms with Crippen LogP contribution in [0.3, 0.4) is 0 Å². The highest BCUT2D eigenvalue weighted by atomic mass is 35.5. The van der Waals surface area contributed by atoms with Crippen molar-refractivity contribution in [1.29, 1.82) is 0 Å². The maximum Gasteiger partial charge on any atom is 0.241 e. The SMILES string of the molecule is Cc1cc(S(=O)(=O)NCC(=O)Nc2ccc(F)cc2)ccc1Cl. The molecule has 8 heteroatoms. The second-order valence-electron chi connectivity index (χ2n) is 4.79. The highest BCUT2D eigenvalue weighted by molar-refractivity contribution is 7.89. The van der Waals surface area contributed by atoms with Crippen molar-refractivity contribution in [2.75, 3.05) is 11.9 Å². The summed E-state index contributed by atoms with van der Waals surface area (Å²) in [5, 5.41) is 2.92. The van der Waals surface area contributed by atoms with Gasteiger partial charge in [-0.1, -0.05) is 11.6 Å². The summed E-state index contributed by atoms with van der Waals surface area (Å²) in [4.78, 5) is 11.8. The molecule has 0 aliphatic carbocycles. The van der Waals surface area contributed by atoms with Crippen molar-refractivity contribution in [1.82, 2.24) is 4.72 Å². The molecule has 0 aromatic heterocycles. The fourth-order valence-electron chi connectivity index (χ4n) is 1.77. The van der Waals surface area contributed by atoms with Gasteiger partial charge in [-0.25, -0.2) is 17.5 Å². The lowest BCUT2D eigenvalue weighted by Gasteiger charge is -2.09. The van der Waals surface area contributed by atoms with Crippen LogP contribution in [0.1, 0.15) is 5.56 Å². The van der Waals surface area contributed by atoms with E-state index >= 15 is 0 Å². The molecule has 0 aliphatic rings. The van der Waals surface area contributed by atoms with Crippen molar-refractivity contribution >= 4 is 33.2 Å². The van der Waals surface area contributed by atoms with Crippen LogP contribution in [0, 0.1) is 12.7 Å². The zero-order chi connectivity index (χ0) is 17.0. The summed E-state index contributed by atoms with van der Waals surface area (Å²) in [7, 11) is -3.82. The van der Waals surface area contributed by atoms with Gasteiger partial charge in [-0.15, -0.1) is 0 Å². The van der Waals surface area contributed by atoms with Gasteiger partial charge in [0, 0.05) is 10.7 Å². The van der Waals surface area contributed by atoms with Gasteiger partial charge in [-0.2, -0.15) is 0 Å². The number of hydrogen-bond acceptors (Lipinski definition) is 3. The first-order valence-corrected chi connectivity index (χ1v) is 8.45. The summed E-state index contributed by atoms with van der Waals surface area (Å²) in [5.74, 6) is -0.993. The number of hydrogen-bond donors (Lipinski definition) is 2. The number of rotatable bonds is 5. The molecule has 2 aromatic carbocycles. The van der Waals surface area contributed by atoms with Gasteiger partial charge in [0.15, 0.2) is 0 Å². The molecule has 5 nitrogen and oxygen atoms in total. The normalized spacial score (nSPS) is 11.3. The molecule has 2 N–H and O–H groups in total. The molecule has 0 saturated heterocycles. The summed E-state index contributed by atoms with van der Waals surface area (Å²) in [6.45, 7) is 1.24. The molecule has 0 aliphatic heterocycles. The molecular formula is C15H14ClFN2O3S. The molecule has 2 rings (SSSR count). The Balaban J connectivity index is 1.99. The zero-order valence-electron chi connectivity index (χ0n) is 12.1. The molecule has 23 heavy (non-hydrogen) atoms. The number of nitrogens with one attached hydrogen (secondary N) is 2. The molecule has 0 atom stereocenters. The molecular weight excluding hydrogens is 343 g/mol. The van der Waals surface area contributed by atoms with Crippen molar-refractivity contribution < 1.29 is 17.6 Å². The van der Waals surface area contributed by atoms with Gasteiger partial charge >= 0.3 is 0 Å². The first kappa shape index (κ1) is 17.4. The Morgan fingerprint density at radius 3 is 2.43 bits per heavy atom. The van der Waals surface area contributed by atoms with Crippen molar-refractivity contribution in [2.24, 2.45) is 0 Å². The van der Waals surface area contributed by atoms with E-state index in [-0.39, 0.29) is 4.90 Å². The van der Waals surface area contributed by atoms with Crippen LogP contribution in [-0.2, 0) is 14.8 Å². The predicted molar refractivity (Wildman–Crippen MR) is 86.4 cm³/mol. The van der Waals surface area contributed by atoms with Crippen LogP contribution in [0.4, 0.5) is 10.1 Å². The maximum atomic E-state index is 12.8. The van der Waals surface area contributed by atoms with Gasteiger partial charge in [0.2, 0.25) is 15.9 Å². The van der Waals surface area contributed by atoms with Crippen molar-refractivity contribution in [2.45, 2.75) is 11.8 Å². The molecule has 122 valence electrons. The number of benzene rings is 2. The zero-order valence-corrected chi connectivity index (χ0v) is 13.7. The average molecular weight is 357 g/mol. The van der Waals surface area contributed by atoms with Crippen LogP contribution < -0.4 is 10.0 Å². The minimum absolute atomic E-state index is 0.0222. The second-order valence-corrected chi connectivity index (χ2v) is 6.96. The molecule has 0 radical (unpaired) electrons. The summed E-state index contributed by atoms with van der Waals surface area (Å²) in [5.41, 5.74) is 0.989. The van der Waals surface area contributed by atoms with Crippen LogP contribution in [0.15, 0.2) is 47.4 Å². The lowest BCUT2D eigenvalue weighted by atomic mass is 10.2. The lowest BCUT2D eigenvalue weighted by molar-refractivity contribution is -0.115. The van der Waals surface area contributed by atoms with Crippen LogP contribution in [0.25, 0.3) is 0 Å². The molecule has 0 unspecified atom stereocenters. The fraction of sp³-hybridized carbons (Fsp3) is 0.133. The number of halogens is 2. The Hall–Kier alpha value is -1.96. The third kappa shape index (κ3) is 4.75. The Morgan fingerprint density at radius 1 is 1.17 bits per heavy atom. The molecule has 2 aromatic rings. The highest BCUT2D eigenvalue weighted by Gasteiger charge is 2.16. The van der Waals surface area contributed by atoms with E-state index in [4.69, 9.17) is 11.6 Å². The van der Waals surface area contributed by atoms with E-state index in [1.807, 2.05) is 0 Å².